The molecule has 1 aliphatic heterocycles. The van der Waals surface area contributed by atoms with E-state index in [-0.39, 0.29) is 18.1 Å². The molecular weight excluding hydrogens is 284 g/mol. The average molecular weight is 300 g/mol. The van der Waals surface area contributed by atoms with Gasteiger partial charge in [-0.25, -0.2) is 8.42 Å². The lowest BCUT2D eigenvalue weighted by Gasteiger charge is -2.15. The highest BCUT2D eigenvalue weighted by atomic mass is 32.2. The molecule has 1 aromatic rings. The number of benzene rings is 1. The van der Waals surface area contributed by atoms with Crippen molar-refractivity contribution in [2.45, 2.75) is 29.4 Å². The minimum atomic E-state index is -3.38. The number of thioether (sulfide) groups is 1. The van der Waals surface area contributed by atoms with Crippen molar-refractivity contribution in [3.05, 3.63) is 29.8 Å². The number of carboxylic acids is 1. The Balaban J connectivity index is 2.12. The second-order valence-corrected chi connectivity index (χ2v) is 8.31. The van der Waals surface area contributed by atoms with Crippen LogP contribution in [0.5, 0.6) is 0 Å². The van der Waals surface area contributed by atoms with Crippen molar-refractivity contribution >= 4 is 27.6 Å². The number of fused-ring (bicyclic) bond motifs is 1. The molecule has 19 heavy (non-hydrogen) atoms. The molecule has 1 aromatic carbocycles. The number of carbonyl (C=O) groups is 1. The van der Waals surface area contributed by atoms with Crippen LogP contribution < -0.4 is 0 Å². The highest BCUT2D eigenvalue weighted by Crippen LogP contribution is 2.40. The number of hydrogen-bond donors (Lipinski definition) is 1. The molecule has 2 unspecified atom stereocenters. The van der Waals surface area contributed by atoms with Crippen LogP contribution in [0, 0.1) is 0 Å². The van der Waals surface area contributed by atoms with Gasteiger partial charge in [0, 0.05) is 16.6 Å². The predicted molar refractivity (Wildman–Crippen MR) is 75.4 cm³/mol. The van der Waals surface area contributed by atoms with E-state index in [2.05, 4.69) is 0 Å². The summed E-state index contributed by atoms with van der Waals surface area (Å²) in [6.45, 7) is 1.47. The molecule has 0 fully saturated rings. The second kappa shape index (κ2) is 5.54. The molecular formula is C13H16O4S2. The van der Waals surface area contributed by atoms with Crippen LogP contribution >= 0.6 is 11.8 Å². The standard InChI is InChI=1S/C13H16O4S2/c1-9(6-13(14)15)19(16,17)8-10-7-18-12-5-3-2-4-11(10)12/h2-5,9-10H,6-8H2,1H3,(H,14,15). The lowest BCUT2D eigenvalue weighted by molar-refractivity contribution is -0.136. The summed E-state index contributed by atoms with van der Waals surface area (Å²) in [5, 5.41) is 7.87. The van der Waals surface area contributed by atoms with Crippen LogP contribution in [0.4, 0.5) is 0 Å². The fourth-order valence-electron chi connectivity index (χ4n) is 2.18. The fourth-order valence-corrected chi connectivity index (χ4v) is 5.17. The van der Waals surface area contributed by atoms with E-state index in [0.29, 0.717) is 0 Å². The van der Waals surface area contributed by atoms with Crippen molar-refractivity contribution in [1.82, 2.24) is 0 Å². The average Bonchev–Trinajstić information content (AvgIpc) is 2.71. The summed E-state index contributed by atoms with van der Waals surface area (Å²) in [5.74, 6) is -0.316. The Labute approximate surface area is 117 Å². The first kappa shape index (κ1) is 14.4. The maximum absolute atomic E-state index is 12.2. The molecule has 104 valence electrons. The van der Waals surface area contributed by atoms with Gasteiger partial charge in [0.15, 0.2) is 9.84 Å². The molecule has 1 N–H and O–H groups in total. The topological polar surface area (TPSA) is 71.4 Å². The van der Waals surface area contributed by atoms with Gasteiger partial charge < -0.3 is 5.11 Å². The largest absolute Gasteiger partial charge is 0.481 e. The molecule has 4 nitrogen and oxygen atoms in total. The van der Waals surface area contributed by atoms with Crippen LogP contribution in [0.2, 0.25) is 0 Å². The molecule has 0 saturated carbocycles. The maximum Gasteiger partial charge on any atom is 0.304 e. The third-order valence-corrected chi connectivity index (χ3v) is 6.82. The highest BCUT2D eigenvalue weighted by molar-refractivity contribution is 7.99. The van der Waals surface area contributed by atoms with E-state index in [1.807, 2.05) is 24.3 Å². The van der Waals surface area contributed by atoms with Crippen LogP contribution in [-0.4, -0.2) is 36.2 Å². The van der Waals surface area contributed by atoms with Crippen LogP contribution in [0.15, 0.2) is 29.2 Å². The van der Waals surface area contributed by atoms with Gasteiger partial charge in [-0.1, -0.05) is 18.2 Å². The van der Waals surface area contributed by atoms with Crippen molar-refractivity contribution in [3.8, 4) is 0 Å². The number of carboxylic acid groups (broad SMARTS) is 1. The lowest BCUT2D eigenvalue weighted by Crippen LogP contribution is -2.27. The monoisotopic (exact) mass is 300 g/mol. The Morgan fingerprint density at radius 3 is 2.84 bits per heavy atom. The molecule has 0 bridgehead atoms. The molecule has 0 aromatic heterocycles. The molecule has 0 aliphatic carbocycles. The smallest absolute Gasteiger partial charge is 0.304 e. The van der Waals surface area contributed by atoms with E-state index in [1.165, 1.54) is 6.92 Å². The van der Waals surface area contributed by atoms with Crippen LogP contribution in [0.25, 0.3) is 0 Å². The summed E-state index contributed by atoms with van der Waals surface area (Å²) < 4.78 is 24.3. The van der Waals surface area contributed by atoms with Gasteiger partial charge in [-0.3, -0.25) is 4.79 Å². The van der Waals surface area contributed by atoms with Crippen molar-refractivity contribution in [2.75, 3.05) is 11.5 Å². The predicted octanol–water partition coefficient (Wildman–Crippen LogP) is 2.15. The first-order valence-corrected chi connectivity index (χ1v) is 8.75. The van der Waals surface area contributed by atoms with Crippen molar-refractivity contribution in [1.29, 1.82) is 0 Å². The third-order valence-electron chi connectivity index (χ3n) is 3.31. The molecule has 0 spiro atoms. The molecule has 1 aliphatic rings. The number of sulfone groups is 1. The Bertz CT molecular complexity index is 580. The van der Waals surface area contributed by atoms with Crippen LogP contribution in [0.3, 0.4) is 0 Å². The van der Waals surface area contributed by atoms with E-state index in [0.717, 1.165) is 16.2 Å². The van der Waals surface area contributed by atoms with Gasteiger partial charge in [-0.05, 0) is 18.6 Å². The molecule has 1 heterocycles. The number of rotatable bonds is 5. The zero-order valence-corrected chi connectivity index (χ0v) is 12.2. The fraction of sp³-hybridized carbons (Fsp3) is 0.462. The highest BCUT2D eigenvalue weighted by Gasteiger charge is 2.31. The zero-order chi connectivity index (χ0) is 14.0. The van der Waals surface area contributed by atoms with Gasteiger partial charge in [0.2, 0.25) is 0 Å². The molecule has 6 heteroatoms. The summed E-state index contributed by atoms with van der Waals surface area (Å²) in [7, 11) is -3.38. The number of aliphatic carboxylic acids is 1. The zero-order valence-electron chi connectivity index (χ0n) is 10.6. The summed E-state index contributed by atoms with van der Waals surface area (Å²) in [6, 6.07) is 7.80. The van der Waals surface area contributed by atoms with E-state index >= 15 is 0 Å². The Hall–Kier alpha value is -1.01. The Morgan fingerprint density at radius 2 is 2.16 bits per heavy atom. The molecule has 0 radical (unpaired) electrons. The first-order chi connectivity index (χ1) is 8.90. The van der Waals surface area contributed by atoms with E-state index in [9.17, 15) is 13.2 Å². The maximum atomic E-state index is 12.2. The second-order valence-electron chi connectivity index (χ2n) is 4.78. The summed E-state index contributed by atoms with van der Waals surface area (Å²) in [6.07, 6.45) is -0.330. The van der Waals surface area contributed by atoms with Crippen LogP contribution in [-0.2, 0) is 14.6 Å². The first-order valence-electron chi connectivity index (χ1n) is 6.05. The lowest BCUT2D eigenvalue weighted by atomic mass is 10.0. The Morgan fingerprint density at radius 1 is 1.47 bits per heavy atom. The van der Waals surface area contributed by atoms with E-state index in [4.69, 9.17) is 5.11 Å². The molecule has 0 amide bonds. The van der Waals surface area contributed by atoms with Crippen LogP contribution in [0.1, 0.15) is 24.8 Å². The quantitative estimate of drug-likeness (QED) is 0.902. The molecule has 2 rings (SSSR count). The molecule has 0 saturated heterocycles. The summed E-state index contributed by atoms with van der Waals surface area (Å²) in [5.41, 5.74) is 1.07. The summed E-state index contributed by atoms with van der Waals surface area (Å²) >= 11 is 1.66. The van der Waals surface area contributed by atoms with Gasteiger partial charge in [0.25, 0.3) is 0 Å². The van der Waals surface area contributed by atoms with Gasteiger partial charge in [-0.2, -0.15) is 0 Å². The Kier molecular flexibility index (Phi) is 4.20. The normalized spacial score (nSPS) is 19.9. The minimum absolute atomic E-state index is 0.0255. The SMILES string of the molecule is CC(CC(=O)O)S(=O)(=O)CC1CSc2ccccc21. The molecule has 2 atom stereocenters. The van der Waals surface area contributed by atoms with Gasteiger partial charge in [0.1, 0.15) is 0 Å². The minimum Gasteiger partial charge on any atom is -0.481 e. The van der Waals surface area contributed by atoms with Gasteiger partial charge in [-0.15, -0.1) is 11.8 Å². The van der Waals surface area contributed by atoms with Gasteiger partial charge >= 0.3 is 5.97 Å². The number of hydrogen-bond acceptors (Lipinski definition) is 4. The van der Waals surface area contributed by atoms with E-state index in [1.54, 1.807) is 11.8 Å². The van der Waals surface area contributed by atoms with E-state index < -0.39 is 21.1 Å². The van der Waals surface area contributed by atoms with Gasteiger partial charge in [0.05, 0.1) is 17.4 Å². The van der Waals surface area contributed by atoms with Crippen molar-refractivity contribution in [2.24, 2.45) is 0 Å². The third kappa shape index (κ3) is 3.30. The van der Waals surface area contributed by atoms with Crippen molar-refractivity contribution < 1.29 is 18.3 Å². The summed E-state index contributed by atoms with van der Waals surface area (Å²) in [4.78, 5) is 11.8. The van der Waals surface area contributed by atoms with Crippen molar-refractivity contribution in [3.63, 3.8) is 0 Å².